The molecule has 2 aromatic rings. The van der Waals surface area contributed by atoms with E-state index in [-0.39, 0.29) is 29.7 Å². The molecule has 1 heterocycles. The van der Waals surface area contributed by atoms with Crippen molar-refractivity contribution in [2.45, 2.75) is 19.9 Å². The number of rotatable bonds is 9. The van der Waals surface area contributed by atoms with Crippen LogP contribution < -0.4 is 16.0 Å². The average molecular weight is 488 g/mol. The molecule has 148 valence electrons. The molecule has 0 aliphatic rings. The third-order valence-electron chi connectivity index (χ3n) is 3.71. The number of halogens is 1. The fourth-order valence-corrected chi connectivity index (χ4v) is 2.42. The zero-order valence-electron chi connectivity index (χ0n) is 15.4. The fourth-order valence-electron chi connectivity index (χ4n) is 2.42. The third kappa shape index (κ3) is 7.00. The van der Waals surface area contributed by atoms with Crippen LogP contribution in [0, 0.1) is 10.1 Å². The van der Waals surface area contributed by atoms with Crippen molar-refractivity contribution >= 4 is 41.3 Å². The first kappa shape index (κ1) is 22.6. The van der Waals surface area contributed by atoms with Gasteiger partial charge < -0.3 is 20.5 Å². The van der Waals surface area contributed by atoms with Crippen LogP contribution in [-0.4, -0.2) is 52.3 Å². The van der Waals surface area contributed by atoms with Crippen molar-refractivity contribution in [3.8, 4) is 0 Å². The molecule has 0 bridgehead atoms. The van der Waals surface area contributed by atoms with Crippen LogP contribution in [0.15, 0.2) is 35.6 Å². The van der Waals surface area contributed by atoms with Crippen molar-refractivity contribution in [1.82, 2.24) is 25.4 Å². The lowest BCUT2D eigenvalue weighted by molar-refractivity contribution is -0.384. The highest BCUT2D eigenvalue weighted by atomic mass is 127. The van der Waals surface area contributed by atoms with Gasteiger partial charge in [-0.2, -0.15) is 0 Å². The van der Waals surface area contributed by atoms with Crippen molar-refractivity contribution in [2.75, 3.05) is 32.0 Å². The fraction of sp³-hybridized carbons (Fsp3) is 0.438. The standard InChI is InChI=1S/C16H24N8O2.HI/c1-3-15-22-21-12-23(15)11-10-20-16(17-2)19-9-8-18-13-6-4-5-7-14(13)24(25)26;/h4-7,12,18H,3,8-11H2,1-2H3,(H2,17,19,20);1H. The predicted molar refractivity (Wildman–Crippen MR) is 116 cm³/mol. The minimum Gasteiger partial charge on any atom is -0.378 e. The summed E-state index contributed by atoms with van der Waals surface area (Å²) in [5.41, 5.74) is 0.567. The molecule has 3 N–H and O–H groups in total. The second-order valence-electron chi connectivity index (χ2n) is 5.42. The summed E-state index contributed by atoms with van der Waals surface area (Å²) in [6, 6.07) is 6.58. The Hall–Kier alpha value is -2.44. The first-order chi connectivity index (χ1) is 12.7. The number of hydrogen-bond acceptors (Lipinski definition) is 6. The summed E-state index contributed by atoms with van der Waals surface area (Å²) in [6.07, 6.45) is 2.55. The van der Waals surface area contributed by atoms with Gasteiger partial charge in [0.05, 0.1) is 4.92 Å². The number of anilines is 1. The second kappa shape index (κ2) is 12.0. The number of aryl methyl sites for hydroxylation is 1. The van der Waals surface area contributed by atoms with E-state index in [1.54, 1.807) is 31.6 Å². The van der Waals surface area contributed by atoms with Gasteiger partial charge in [-0.15, -0.1) is 34.2 Å². The van der Waals surface area contributed by atoms with Gasteiger partial charge in [0.15, 0.2) is 5.96 Å². The number of nitrogens with zero attached hydrogens (tertiary/aromatic N) is 5. The number of nitro benzene ring substituents is 1. The van der Waals surface area contributed by atoms with Crippen molar-refractivity contribution in [3.63, 3.8) is 0 Å². The van der Waals surface area contributed by atoms with Gasteiger partial charge in [-0.25, -0.2) is 0 Å². The molecule has 0 saturated carbocycles. The lowest BCUT2D eigenvalue weighted by atomic mass is 10.2. The number of aliphatic imine (C=N–C) groups is 1. The molecule has 10 nitrogen and oxygen atoms in total. The molecule has 11 heteroatoms. The average Bonchev–Trinajstić information content (AvgIpc) is 3.11. The number of hydrogen-bond donors (Lipinski definition) is 3. The van der Waals surface area contributed by atoms with E-state index >= 15 is 0 Å². The highest BCUT2D eigenvalue weighted by molar-refractivity contribution is 14.0. The van der Waals surface area contributed by atoms with Gasteiger partial charge >= 0.3 is 0 Å². The van der Waals surface area contributed by atoms with Gasteiger partial charge in [0.2, 0.25) is 0 Å². The Balaban J connectivity index is 0.00000364. The van der Waals surface area contributed by atoms with E-state index in [0.717, 1.165) is 18.8 Å². The van der Waals surface area contributed by atoms with Crippen LogP contribution in [0.1, 0.15) is 12.7 Å². The van der Waals surface area contributed by atoms with Crippen LogP contribution in [0.3, 0.4) is 0 Å². The zero-order valence-corrected chi connectivity index (χ0v) is 17.7. The summed E-state index contributed by atoms with van der Waals surface area (Å²) >= 11 is 0. The smallest absolute Gasteiger partial charge is 0.292 e. The van der Waals surface area contributed by atoms with Crippen molar-refractivity contribution < 1.29 is 4.92 Å². The number of nitrogens with one attached hydrogen (secondary N) is 3. The lowest BCUT2D eigenvalue weighted by Crippen LogP contribution is -2.40. The van der Waals surface area contributed by atoms with Crippen molar-refractivity contribution in [2.24, 2.45) is 4.99 Å². The topological polar surface area (TPSA) is 122 Å². The molecule has 27 heavy (non-hydrogen) atoms. The molecule has 0 fully saturated rings. The Morgan fingerprint density at radius 1 is 1.26 bits per heavy atom. The normalized spacial score (nSPS) is 10.8. The molecular weight excluding hydrogens is 463 g/mol. The van der Waals surface area contributed by atoms with Gasteiger partial charge in [-0.05, 0) is 6.07 Å². The van der Waals surface area contributed by atoms with Gasteiger partial charge in [-0.3, -0.25) is 15.1 Å². The van der Waals surface area contributed by atoms with Crippen LogP contribution in [0.4, 0.5) is 11.4 Å². The zero-order chi connectivity index (χ0) is 18.8. The summed E-state index contributed by atoms with van der Waals surface area (Å²) in [5, 5.41) is 28.4. The molecule has 0 saturated heterocycles. The Morgan fingerprint density at radius 3 is 2.70 bits per heavy atom. The van der Waals surface area contributed by atoms with Crippen LogP contribution in [0.25, 0.3) is 0 Å². The monoisotopic (exact) mass is 488 g/mol. The molecule has 1 aromatic carbocycles. The Kier molecular flexibility index (Phi) is 10.1. The van der Waals surface area contributed by atoms with E-state index in [1.165, 1.54) is 6.07 Å². The molecular formula is C16H25IN8O2. The molecule has 0 aliphatic carbocycles. The molecule has 0 radical (unpaired) electrons. The minimum atomic E-state index is -0.397. The SMILES string of the molecule is CCc1nncn1CCNC(=NC)NCCNc1ccccc1[N+](=O)[O-].I. The van der Waals surface area contributed by atoms with E-state index in [0.29, 0.717) is 31.3 Å². The molecule has 1 aromatic heterocycles. The predicted octanol–water partition coefficient (Wildman–Crippen LogP) is 1.64. The molecule has 2 rings (SSSR count). The maximum absolute atomic E-state index is 11.0. The Labute approximate surface area is 175 Å². The molecule has 0 atom stereocenters. The van der Waals surface area contributed by atoms with E-state index in [9.17, 15) is 10.1 Å². The number of benzene rings is 1. The highest BCUT2D eigenvalue weighted by Gasteiger charge is 2.11. The van der Waals surface area contributed by atoms with Crippen molar-refractivity contribution in [3.05, 3.63) is 46.5 Å². The van der Waals surface area contributed by atoms with Crippen molar-refractivity contribution in [1.29, 1.82) is 0 Å². The number of aromatic nitrogens is 3. The summed E-state index contributed by atoms with van der Waals surface area (Å²) in [5.74, 6) is 1.61. The highest BCUT2D eigenvalue weighted by Crippen LogP contribution is 2.22. The minimum absolute atomic E-state index is 0. The second-order valence-corrected chi connectivity index (χ2v) is 5.42. The quantitative estimate of drug-likeness (QED) is 0.123. The molecule has 0 unspecified atom stereocenters. The largest absolute Gasteiger partial charge is 0.378 e. The van der Waals surface area contributed by atoms with E-state index in [1.807, 2.05) is 11.5 Å². The lowest BCUT2D eigenvalue weighted by Gasteiger charge is -2.13. The molecule has 0 aliphatic heterocycles. The summed E-state index contributed by atoms with van der Waals surface area (Å²) in [6.45, 7) is 4.56. The first-order valence-corrected chi connectivity index (χ1v) is 8.44. The van der Waals surface area contributed by atoms with Gasteiger partial charge in [0.1, 0.15) is 17.8 Å². The van der Waals surface area contributed by atoms with Crippen LogP contribution in [0.2, 0.25) is 0 Å². The van der Waals surface area contributed by atoms with Crippen LogP contribution >= 0.6 is 24.0 Å². The van der Waals surface area contributed by atoms with Crippen LogP contribution in [-0.2, 0) is 13.0 Å². The summed E-state index contributed by atoms with van der Waals surface area (Å²) in [4.78, 5) is 14.7. The van der Waals surface area contributed by atoms with E-state index in [2.05, 4.69) is 31.1 Å². The summed E-state index contributed by atoms with van der Waals surface area (Å²) < 4.78 is 2.00. The van der Waals surface area contributed by atoms with E-state index < -0.39 is 4.92 Å². The van der Waals surface area contributed by atoms with E-state index in [4.69, 9.17) is 0 Å². The van der Waals surface area contributed by atoms with Crippen LogP contribution in [0.5, 0.6) is 0 Å². The van der Waals surface area contributed by atoms with Gasteiger partial charge in [0, 0.05) is 45.7 Å². The number of guanidine groups is 1. The Morgan fingerprint density at radius 2 is 2.00 bits per heavy atom. The number of para-hydroxylation sites is 2. The van der Waals surface area contributed by atoms with Gasteiger partial charge in [0.25, 0.3) is 5.69 Å². The molecule has 0 amide bonds. The Bertz CT molecular complexity index is 750. The maximum Gasteiger partial charge on any atom is 0.292 e. The molecule has 0 spiro atoms. The number of nitro groups is 1. The third-order valence-corrected chi connectivity index (χ3v) is 3.71. The first-order valence-electron chi connectivity index (χ1n) is 8.44. The maximum atomic E-state index is 11.0. The summed E-state index contributed by atoms with van der Waals surface area (Å²) in [7, 11) is 1.70. The van der Waals surface area contributed by atoms with Gasteiger partial charge in [-0.1, -0.05) is 19.1 Å².